The van der Waals surface area contributed by atoms with Crippen LogP contribution < -0.4 is 5.32 Å². The summed E-state index contributed by atoms with van der Waals surface area (Å²) in [5.41, 5.74) is 1.30. The summed E-state index contributed by atoms with van der Waals surface area (Å²) in [6.07, 6.45) is 0. The molecule has 1 N–H and O–H groups in total. The van der Waals surface area contributed by atoms with Gasteiger partial charge in [0, 0.05) is 5.56 Å². The molecule has 0 bridgehead atoms. The Kier molecular flexibility index (Phi) is 4.88. The zero-order valence-corrected chi connectivity index (χ0v) is 13.6. The zero-order valence-electron chi connectivity index (χ0n) is 13.6. The summed E-state index contributed by atoms with van der Waals surface area (Å²) in [5.74, 6) is -2.27. The molecular weight excluding hydrogens is 323 g/mol. The fourth-order valence-electron chi connectivity index (χ4n) is 2.72. The van der Waals surface area contributed by atoms with Crippen LogP contribution in [0.5, 0.6) is 0 Å². The fraction of sp³-hybridized carbons (Fsp3) is 0.211. The molecule has 6 heteroatoms. The summed E-state index contributed by atoms with van der Waals surface area (Å²) >= 11 is 0. The lowest BCUT2D eigenvalue weighted by Crippen LogP contribution is -2.47. The number of nitrogens with zero attached hydrogens (tertiary/aromatic N) is 1. The Hall–Kier alpha value is -3.02. The SMILES string of the molecule is CCOC(=O)[C@@H]1C(=O)NC(c2ccccc2)=N[C@H]1c1ccc(F)cc1. The Balaban J connectivity index is 2.05. The number of ether oxygens (including phenoxy) is 1. The molecule has 5 nitrogen and oxygen atoms in total. The summed E-state index contributed by atoms with van der Waals surface area (Å²) in [7, 11) is 0. The zero-order chi connectivity index (χ0) is 17.8. The Bertz CT molecular complexity index is 803. The average Bonchev–Trinajstić information content (AvgIpc) is 2.62. The summed E-state index contributed by atoms with van der Waals surface area (Å²) in [6.45, 7) is 1.83. The second-order valence-electron chi connectivity index (χ2n) is 5.56. The highest BCUT2D eigenvalue weighted by Crippen LogP contribution is 2.31. The molecule has 2 aromatic carbocycles. The second-order valence-corrected chi connectivity index (χ2v) is 5.56. The van der Waals surface area contributed by atoms with Crippen molar-refractivity contribution >= 4 is 17.7 Å². The van der Waals surface area contributed by atoms with Gasteiger partial charge in [0.15, 0.2) is 5.92 Å². The first kappa shape index (κ1) is 16.8. The number of hydrogen-bond acceptors (Lipinski definition) is 4. The van der Waals surface area contributed by atoms with Gasteiger partial charge in [-0.15, -0.1) is 0 Å². The van der Waals surface area contributed by atoms with E-state index in [1.165, 1.54) is 24.3 Å². The van der Waals surface area contributed by atoms with Crippen LogP contribution >= 0.6 is 0 Å². The molecule has 0 aliphatic carbocycles. The third-order valence-corrected chi connectivity index (χ3v) is 3.91. The molecule has 128 valence electrons. The van der Waals surface area contributed by atoms with Crippen molar-refractivity contribution in [3.05, 3.63) is 71.5 Å². The van der Waals surface area contributed by atoms with Crippen LogP contribution in [-0.2, 0) is 14.3 Å². The Morgan fingerprint density at radius 2 is 1.84 bits per heavy atom. The second kappa shape index (κ2) is 7.25. The molecule has 1 heterocycles. The van der Waals surface area contributed by atoms with Gasteiger partial charge in [-0.2, -0.15) is 0 Å². The molecule has 0 saturated heterocycles. The number of carbonyl (C=O) groups excluding carboxylic acids is 2. The molecule has 0 saturated carbocycles. The van der Waals surface area contributed by atoms with Crippen molar-refractivity contribution in [2.75, 3.05) is 6.61 Å². The van der Waals surface area contributed by atoms with Gasteiger partial charge in [0.25, 0.3) is 0 Å². The Morgan fingerprint density at radius 3 is 2.48 bits per heavy atom. The maximum atomic E-state index is 13.2. The molecular formula is C19H17FN2O3. The molecule has 0 aromatic heterocycles. The van der Waals surface area contributed by atoms with E-state index >= 15 is 0 Å². The van der Waals surface area contributed by atoms with Crippen molar-refractivity contribution in [1.82, 2.24) is 5.32 Å². The smallest absolute Gasteiger partial charge is 0.321 e. The van der Waals surface area contributed by atoms with Crippen LogP contribution in [0.4, 0.5) is 4.39 Å². The third kappa shape index (κ3) is 3.57. The molecule has 0 unspecified atom stereocenters. The average molecular weight is 340 g/mol. The van der Waals surface area contributed by atoms with Crippen LogP contribution in [0.25, 0.3) is 0 Å². The molecule has 25 heavy (non-hydrogen) atoms. The van der Waals surface area contributed by atoms with Crippen molar-refractivity contribution in [2.24, 2.45) is 10.9 Å². The molecule has 1 aliphatic heterocycles. The third-order valence-electron chi connectivity index (χ3n) is 3.91. The standard InChI is InChI=1S/C19H17FN2O3/c1-2-25-19(24)15-16(12-8-10-14(20)11-9-12)21-17(22-18(15)23)13-6-4-3-5-7-13/h3-11,15-16H,2H2,1H3,(H,21,22,23)/t15-,16-/m0/s1. The topological polar surface area (TPSA) is 67.8 Å². The molecule has 0 radical (unpaired) electrons. The fourth-order valence-corrected chi connectivity index (χ4v) is 2.72. The quantitative estimate of drug-likeness (QED) is 0.687. The first-order valence-electron chi connectivity index (χ1n) is 7.96. The molecule has 0 spiro atoms. The first-order valence-corrected chi connectivity index (χ1v) is 7.96. The molecule has 3 rings (SSSR count). The van der Waals surface area contributed by atoms with E-state index in [-0.39, 0.29) is 6.61 Å². The van der Waals surface area contributed by atoms with E-state index < -0.39 is 29.7 Å². The van der Waals surface area contributed by atoms with E-state index in [4.69, 9.17) is 4.74 Å². The van der Waals surface area contributed by atoms with Crippen molar-refractivity contribution in [2.45, 2.75) is 13.0 Å². The lowest BCUT2D eigenvalue weighted by Gasteiger charge is -2.28. The summed E-state index contributed by atoms with van der Waals surface area (Å²) in [5, 5.41) is 2.67. The van der Waals surface area contributed by atoms with Crippen molar-refractivity contribution in [3.8, 4) is 0 Å². The van der Waals surface area contributed by atoms with E-state index in [0.717, 1.165) is 5.56 Å². The van der Waals surface area contributed by atoms with E-state index in [2.05, 4.69) is 10.3 Å². The van der Waals surface area contributed by atoms with Gasteiger partial charge in [-0.05, 0) is 24.6 Å². The molecule has 2 atom stereocenters. The minimum absolute atomic E-state index is 0.161. The number of halogens is 1. The molecule has 0 fully saturated rings. The highest BCUT2D eigenvalue weighted by Gasteiger charge is 2.41. The van der Waals surface area contributed by atoms with E-state index in [0.29, 0.717) is 11.4 Å². The lowest BCUT2D eigenvalue weighted by molar-refractivity contribution is -0.153. The first-order chi connectivity index (χ1) is 12.1. The van der Waals surface area contributed by atoms with Crippen LogP contribution in [0.15, 0.2) is 59.6 Å². The molecule has 2 aromatic rings. The number of benzene rings is 2. The number of aliphatic imine (C=N–C) groups is 1. The number of esters is 1. The van der Waals surface area contributed by atoms with Gasteiger partial charge in [-0.3, -0.25) is 14.6 Å². The van der Waals surface area contributed by atoms with E-state index in [9.17, 15) is 14.0 Å². The minimum atomic E-state index is -1.11. The number of rotatable bonds is 4. The van der Waals surface area contributed by atoms with E-state index in [1.54, 1.807) is 6.92 Å². The lowest BCUT2D eigenvalue weighted by atomic mass is 9.90. The predicted octanol–water partition coefficient (Wildman–Crippen LogP) is 2.62. The number of hydrogen-bond donors (Lipinski definition) is 1. The number of amidine groups is 1. The van der Waals surface area contributed by atoms with Gasteiger partial charge >= 0.3 is 5.97 Å². The Morgan fingerprint density at radius 1 is 1.16 bits per heavy atom. The van der Waals surface area contributed by atoms with Crippen molar-refractivity contribution < 1.29 is 18.7 Å². The number of amides is 1. The monoisotopic (exact) mass is 340 g/mol. The van der Waals surface area contributed by atoms with Crippen molar-refractivity contribution in [1.29, 1.82) is 0 Å². The largest absolute Gasteiger partial charge is 0.465 e. The van der Waals surface area contributed by atoms with Crippen molar-refractivity contribution in [3.63, 3.8) is 0 Å². The summed E-state index contributed by atoms with van der Waals surface area (Å²) in [6, 6.07) is 14.0. The maximum absolute atomic E-state index is 13.2. The van der Waals surface area contributed by atoms with Crippen LogP contribution in [0.2, 0.25) is 0 Å². The molecule has 1 amide bonds. The highest BCUT2D eigenvalue weighted by atomic mass is 19.1. The number of nitrogens with one attached hydrogen (secondary N) is 1. The normalized spacial score (nSPS) is 19.8. The van der Waals surface area contributed by atoms with Crippen LogP contribution in [0.1, 0.15) is 24.1 Å². The molecule has 1 aliphatic rings. The highest BCUT2D eigenvalue weighted by molar-refractivity contribution is 6.14. The van der Waals surface area contributed by atoms with Gasteiger partial charge in [-0.25, -0.2) is 4.39 Å². The van der Waals surface area contributed by atoms with Crippen LogP contribution in [0.3, 0.4) is 0 Å². The van der Waals surface area contributed by atoms with Gasteiger partial charge < -0.3 is 10.1 Å². The van der Waals surface area contributed by atoms with Crippen LogP contribution in [0, 0.1) is 11.7 Å². The van der Waals surface area contributed by atoms with Crippen LogP contribution in [-0.4, -0.2) is 24.3 Å². The number of carbonyl (C=O) groups is 2. The maximum Gasteiger partial charge on any atom is 0.321 e. The Labute approximate surface area is 144 Å². The van der Waals surface area contributed by atoms with Gasteiger partial charge in [0.1, 0.15) is 11.7 Å². The van der Waals surface area contributed by atoms with Gasteiger partial charge in [-0.1, -0.05) is 42.5 Å². The minimum Gasteiger partial charge on any atom is -0.465 e. The van der Waals surface area contributed by atoms with E-state index in [1.807, 2.05) is 30.3 Å². The van der Waals surface area contributed by atoms with Gasteiger partial charge in [0.2, 0.25) is 5.91 Å². The summed E-state index contributed by atoms with van der Waals surface area (Å²) < 4.78 is 18.3. The summed E-state index contributed by atoms with van der Waals surface area (Å²) in [4.78, 5) is 29.4. The van der Waals surface area contributed by atoms with Gasteiger partial charge in [0.05, 0.1) is 12.6 Å². The predicted molar refractivity (Wildman–Crippen MR) is 90.4 cm³/mol.